The maximum Gasteiger partial charge on any atom is 0.191 e. The molecule has 0 fully saturated rings. The summed E-state index contributed by atoms with van der Waals surface area (Å²) in [5.41, 5.74) is 1.19. The first-order valence-corrected chi connectivity index (χ1v) is 8.46. The van der Waals surface area contributed by atoms with E-state index in [9.17, 15) is 0 Å². The second-order valence-electron chi connectivity index (χ2n) is 5.75. The van der Waals surface area contributed by atoms with Gasteiger partial charge in [-0.1, -0.05) is 0 Å². The molecule has 0 aliphatic heterocycles. The van der Waals surface area contributed by atoms with E-state index in [-0.39, 0.29) is 30.0 Å². The Morgan fingerprint density at radius 3 is 2.62 bits per heavy atom. The first-order valence-electron chi connectivity index (χ1n) is 7.64. The fourth-order valence-corrected chi connectivity index (χ4v) is 3.21. The van der Waals surface area contributed by atoms with Gasteiger partial charge in [0, 0.05) is 42.2 Å². The molecule has 2 aromatic heterocycles. The molecule has 0 saturated carbocycles. The summed E-state index contributed by atoms with van der Waals surface area (Å²) in [5, 5.41) is 11.0. The number of hydrogen-bond donors (Lipinski definition) is 2. The third-order valence-corrected chi connectivity index (χ3v) is 4.65. The summed E-state index contributed by atoms with van der Waals surface area (Å²) in [6.45, 7) is 3.68. The van der Waals surface area contributed by atoms with E-state index in [0.717, 1.165) is 19.0 Å². The normalized spacial score (nSPS) is 12.8. The van der Waals surface area contributed by atoms with Crippen molar-refractivity contribution >= 4 is 41.3 Å². The van der Waals surface area contributed by atoms with Crippen LogP contribution in [-0.2, 0) is 13.6 Å². The molecular formula is C16H27IN6S. The lowest BCUT2D eigenvalue weighted by molar-refractivity contribution is 0.298. The van der Waals surface area contributed by atoms with Gasteiger partial charge in [-0.3, -0.25) is 9.67 Å². The summed E-state index contributed by atoms with van der Waals surface area (Å²) in [4.78, 5) is 9.12. The number of aryl methyl sites for hydroxylation is 2. The number of rotatable bonds is 6. The second kappa shape index (κ2) is 10.00. The summed E-state index contributed by atoms with van der Waals surface area (Å²) < 4.78 is 1.83. The van der Waals surface area contributed by atoms with Crippen molar-refractivity contribution in [1.82, 2.24) is 25.3 Å². The minimum atomic E-state index is 0. The first-order chi connectivity index (χ1) is 11.0. The molecule has 24 heavy (non-hydrogen) atoms. The number of hydrogen-bond acceptors (Lipinski definition) is 4. The molecule has 1 atom stereocenters. The summed E-state index contributed by atoms with van der Waals surface area (Å²) in [7, 11) is 7.88. The summed E-state index contributed by atoms with van der Waals surface area (Å²) in [5.74, 6) is 0.812. The Morgan fingerprint density at radius 1 is 1.38 bits per heavy atom. The zero-order valence-corrected chi connectivity index (χ0v) is 18.1. The molecule has 0 saturated heterocycles. The van der Waals surface area contributed by atoms with Crippen molar-refractivity contribution in [3.8, 4) is 0 Å². The van der Waals surface area contributed by atoms with E-state index >= 15 is 0 Å². The molecule has 0 radical (unpaired) electrons. The maximum atomic E-state index is 4.30. The van der Waals surface area contributed by atoms with Crippen molar-refractivity contribution in [2.24, 2.45) is 12.0 Å². The highest BCUT2D eigenvalue weighted by Gasteiger charge is 2.16. The minimum Gasteiger partial charge on any atom is -0.354 e. The summed E-state index contributed by atoms with van der Waals surface area (Å²) >= 11 is 1.80. The van der Waals surface area contributed by atoms with Crippen LogP contribution in [0.4, 0.5) is 0 Å². The molecule has 8 heteroatoms. The fraction of sp³-hybridized carbons (Fsp3) is 0.500. The highest BCUT2D eigenvalue weighted by atomic mass is 127. The van der Waals surface area contributed by atoms with E-state index in [4.69, 9.17) is 0 Å². The lowest BCUT2D eigenvalue weighted by Gasteiger charge is -2.24. The number of likely N-dealkylation sites (N-methyl/N-ethyl adjacent to an activating group) is 1. The van der Waals surface area contributed by atoms with Crippen LogP contribution in [0.3, 0.4) is 0 Å². The van der Waals surface area contributed by atoms with Gasteiger partial charge in [-0.2, -0.15) is 5.10 Å². The zero-order valence-electron chi connectivity index (χ0n) is 14.9. The lowest BCUT2D eigenvalue weighted by atomic mass is 10.1. The van der Waals surface area contributed by atoms with Crippen LogP contribution in [0.2, 0.25) is 0 Å². The molecule has 2 heterocycles. The molecule has 2 aromatic rings. The van der Waals surface area contributed by atoms with E-state index in [1.165, 1.54) is 15.3 Å². The van der Waals surface area contributed by atoms with Crippen molar-refractivity contribution in [3.63, 3.8) is 0 Å². The Bertz CT molecular complexity index is 649. The third-order valence-electron chi connectivity index (χ3n) is 3.65. The van der Waals surface area contributed by atoms with Crippen molar-refractivity contribution in [2.45, 2.75) is 19.5 Å². The molecule has 0 amide bonds. The van der Waals surface area contributed by atoms with Gasteiger partial charge in [0.25, 0.3) is 0 Å². The molecule has 2 rings (SSSR count). The van der Waals surface area contributed by atoms with Gasteiger partial charge < -0.3 is 15.5 Å². The van der Waals surface area contributed by atoms with Crippen LogP contribution in [0.5, 0.6) is 0 Å². The SMILES string of the molecule is CN=C(NCc1ccc(C)s1)NCC(c1cnn(C)c1)N(C)C.I. The Morgan fingerprint density at radius 2 is 2.12 bits per heavy atom. The van der Waals surface area contributed by atoms with Gasteiger partial charge in [0.2, 0.25) is 0 Å². The van der Waals surface area contributed by atoms with Crippen molar-refractivity contribution in [3.05, 3.63) is 39.8 Å². The van der Waals surface area contributed by atoms with Crippen molar-refractivity contribution in [1.29, 1.82) is 0 Å². The quantitative estimate of drug-likeness (QED) is 0.393. The Labute approximate surface area is 165 Å². The first kappa shape index (κ1) is 20.9. The average molecular weight is 462 g/mol. The molecular weight excluding hydrogens is 435 g/mol. The van der Waals surface area contributed by atoms with Crippen LogP contribution in [0.15, 0.2) is 29.5 Å². The van der Waals surface area contributed by atoms with Gasteiger partial charge in [0.1, 0.15) is 0 Å². The van der Waals surface area contributed by atoms with Crippen molar-refractivity contribution < 1.29 is 0 Å². The van der Waals surface area contributed by atoms with Gasteiger partial charge in [-0.25, -0.2) is 0 Å². The Hall–Kier alpha value is -1.13. The smallest absolute Gasteiger partial charge is 0.191 e. The predicted octanol–water partition coefficient (Wildman–Crippen LogP) is 2.38. The minimum absolute atomic E-state index is 0. The van der Waals surface area contributed by atoms with Gasteiger partial charge in [-0.15, -0.1) is 35.3 Å². The molecule has 1 unspecified atom stereocenters. The highest BCUT2D eigenvalue weighted by molar-refractivity contribution is 14.0. The lowest BCUT2D eigenvalue weighted by Crippen LogP contribution is -2.41. The number of thiophene rings is 1. The zero-order chi connectivity index (χ0) is 16.8. The van der Waals surface area contributed by atoms with Crippen LogP contribution < -0.4 is 10.6 Å². The van der Waals surface area contributed by atoms with E-state index in [0.29, 0.717) is 0 Å². The molecule has 134 valence electrons. The van der Waals surface area contributed by atoms with Crippen LogP contribution in [-0.4, -0.2) is 48.3 Å². The number of nitrogens with one attached hydrogen (secondary N) is 2. The highest BCUT2D eigenvalue weighted by Crippen LogP contribution is 2.16. The van der Waals surface area contributed by atoms with E-state index in [1.54, 1.807) is 18.4 Å². The third kappa shape index (κ3) is 6.06. The molecule has 0 aliphatic carbocycles. The standard InChI is InChI=1S/C16H26N6S.HI/c1-12-6-7-14(23-12)9-18-16(17-2)19-10-15(21(3)4)13-8-20-22(5)11-13;/h6-8,11,15H,9-10H2,1-5H3,(H2,17,18,19);1H. The molecule has 0 aliphatic rings. The topological polar surface area (TPSA) is 57.5 Å². The Balaban J connectivity index is 0.00000288. The van der Waals surface area contributed by atoms with E-state index < -0.39 is 0 Å². The van der Waals surface area contributed by atoms with Crippen LogP contribution in [0.25, 0.3) is 0 Å². The molecule has 0 spiro atoms. The number of nitrogens with zero attached hydrogens (tertiary/aromatic N) is 4. The number of aromatic nitrogens is 2. The summed E-state index contributed by atoms with van der Waals surface area (Å²) in [6, 6.07) is 4.53. The van der Waals surface area contributed by atoms with Gasteiger partial charge in [0.15, 0.2) is 5.96 Å². The number of aliphatic imine (C=N–C) groups is 1. The predicted molar refractivity (Wildman–Crippen MR) is 112 cm³/mol. The molecule has 0 bridgehead atoms. The maximum absolute atomic E-state index is 4.30. The second-order valence-corrected chi connectivity index (χ2v) is 7.12. The average Bonchev–Trinajstić information content (AvgIpc) is 3.11. The van der Waals surface area contributed by atoms with Gasteiger partial charge in [0.05, 0.1) is 18.8 Å². The van der Waals surface area contributed by atoms with Gasteiger partial charge >= 0.3 is 0 Å². The monoisotopic (exact) mass is 462 g/mol. The van der Waals surface area contributed by atoms with Crippen LogP contribution in [0, 0.1) is 6.92 Å². The largest absolute Gasteiger partial charge is 0.354 e. The molecule has 6 nitrogen and oxygen atoms in total. The van der Waals surface area contributed by atoms with Gasteiger partial charge in [-0.05, 0) is 33.2 Å². The molecule has 0 aromatic carbocycles. The number of guanidine groups is 1. The molecule has 2 N–H and O–H groups in total. The Kier molecular flexibility index (Phi) is 8.71. The van der Waals surface area contributed by atoms with E-state index in [2.05, 4.69) is 65.0 Å². The fourth-order valence-electron chi connectivity index (χ4n) is 2.38. The summed E-state index contributed by atoms with van der Waals surface area (Å²) in [6.07, 6.45) is 3.97. The van der Waals surface area contributed by atoms with Crippen LogP contribution >= 0.6 is 35.3 Å². The van der Waals surface area contributed by atoms with E-state index in [1.807, 2.05) is 17.9 Å². The number of halogens is 1. The van der Waals surface area contributed by atoms with Crippen molar-refractivity contribution in [2.75, 3.05) is 27.7 Å². The van der Waals surface area contributed by atoms with Crippen LogP contribution in [0.1, 0.15) is 21.4 Å².